The summed E-state index contributed by atoms with van der Waals surface area (Å²) < 4.78 is 5.59. The number of aryl methyl sites for hydroxylation is 1. The fourth-order valence-corrected chi connectivity index (χ4v) is 2.67. The Morgan fingerprint density at radius 2 is 2.05 bits per heavy atom. The van der Waals surface area contributed by atoms with Crippen LogP contribution in [0.25, 0.3) is 0 Å². The summed E-state index contributed by atoms with van der Waals surface area (Å²) in [5.41, 5.74) is 2.87. The van der Waals surface area contributed by atoms with Crippen molar-refractivity contribution >= 4 is 0 Å². The third kappa shape index (κ3) is 4.89. The van der Waals surface area contributed by atoms with Crippen LogP contribution in [0.5, 0.6) is 0 Å². The molecule has 3 nitrogen and oxygen atoms in total. The van der Waals surface area contributed by atoms with Crippen LogP contribution in [0.4, 0.5) is 0 Å². The summed E-state index contributed by atoms with van der Waals surface area (Å²) in [6, 6.07) is 9.61. The average Bonchev–Trinajstić information content (AvgIpc) is 2.35. The molecule has 1 N–H and O–H groups in total. The van der Waals surface area contributed by atoms with E-state index in [1.165, 1.54) is 24.0 Å². The van der Waals surface area contributed by atoms with Gasteiger partial charge in [-0.2, -0.15) is 0 Å². The lowest BCUT2D eigenvalue weighted by Gasteiger charge is -2.36. The Kier molecular flexibility index (Phi) is 6.02. The number of likely N-dealkylation sites (N-methyl/N-ethyl adjacent to an activating group) is 1. The van der Waals surface area contributed by atoms with Crippen molar-refractivity contribution in [1.29, 1.82) is 0 Å². The highest BCUT2D eigenvalue weighted by Gasteiger charge is 2.29. The van der Waals surface area contributed by atoms with Crippen LogP contribution in [-0.4, -0.2) is 51.3 Å². The molecular weight excluding hydrogens is 248 g/mol. The lowest BCUT2D eigenvalue weighted by Crippen LogP contribution is -2.41. The zero-order valence-electron chi connectivity index (χ0n) is 13.1. The number of rotatable bonds is 8. The Morgan fingerprint density at radius 1 is 1.25 bits per heavy atom. The van der Waals surface area contributed by atoms with Crippen molar-refractivity contribution in [3.8, 4) is 0 Å². The number of hydrogen-bond donors (Lipinski definition) is 1. The van der Waals surface area contributed by atoms with Gasteiger partial charge in [0.2, 0.25) is 0 Å². The second-order valence-electron chi connectivity index (χ2n) is 6.15. The molecule has 1 aliphatic carbocycles. The van der Waals surface area contributed by atoms with Crippen LogP contribution < -0.4 is 5.32 Å². The molecule has 3 heteroatoms. The number of nitrogens with one attached hydrogen (secondary N) is 1. The van der Waals surface area contributed by atoms with E-state index in [1.807, 2.05) is 0 Å². The van der Waals surface area contributed by atoms with E-state index in [4.69, 9.17) is 4.74 Å². The maximum atomic E-state index is 5.59. The number of benzene rings is 1. The molecule has 1 aliphatic rings. The molecule has 0 amide bonds. The van der Waals surface area contributed by atoms with Gasteiger partial charge in [-0.05, 0) is 45.3 Å². The van der Waals surface area contributed by atoms with Crippen LogP contribution in [0.1, 0.15) is 29.9 Å². The normalized spacial score (nSPS) is 22.0. The summed E-state index contributed by atoms with van der Waals surface area (Å²) >= 11 is 0. The summed E-state index contributed by atoms with van der Waals surface area (Å²) in [6.07, 6.45) is 2.53. The summed E-state index contributed by atoms with van der Waals surface area (Å²) in [4.78, 5) is 2.14. The van der Waals surface area contributed by atoms with E-state index in [1.54, 1.807) is 0 Å². The number of ether oxygens (including phenoxy) is 1. The summed E-state index contributed by atoms with van der Waals surface area (Å²) in [5, 5.41) is 3.58. The second-order valence-corrected chi connectivity index (χ2v) is 6.15. The molecule has 0 saturated heterocycles. The number of hydrogen-bond acceptors (Lipinski definition) is 3. The third-order valence-electron chi connectivity index (χ3n) is 4.01. The Hall–Kier alpha value is -0.900. The monoisotopic (exact) mass is 276 g/mol. The third-order valence-corrected chi connectivity index (χ3v) is 4.01. The summed E-state index contributed by atoms with van der Waals surface area (Å²) in [7, 11) is 4.14. The van der Waals surface area contributed by atoms with Crippen molar-refractivity contribution in [2.75, 3.05) is 40.4 Å². The van der Waals surface area contributed by atoms with Gasteiger partial charge in [-0.3, -0.25) is 0 Å². The number of nitrogens with zero attached hydrogens (tertiary/aromatic N) is 1. The van der Waals surface area contributed by atoms with Gasteiger partial charge in [-0.25, -0.2) is 0 Å². The molecule has 1 saturated carbocycles. The Balaban J connectivity index is 1.54. The van der Waals surface area contributed by atoms with E-state index in [-0.39, 0.29) is 0 Å². The molecule has 0 heterocycles. The highest BCUT2D eigenvalue weighted by atomic mass is 16.5. The van der Waals surface area contributed by atoms with E-state index in [9.17, 15) is 0 Å². The molecule has 0 atom stereocenters. The van der Waals surface area contributed by atoms with Gasteiger partial charge in [-0.1, -0.05) is 29.8 Å². The van der Waals surface area contributed by atoms with Gasteiger partial charge in [0, 0.05) is 19.1 Å². The molecule has 112 valence electrons. The maximum Gasteiger partial charge on any atom is 0.0593 e. The minimum absolute atomic E-state index is 0.679. The van der Waals surface area contributed by atoms with Crippen molar-refractivity contribution < 1.29 is 4.74 Å². The van der Waals surface area contributed by atoms with Crippen molar-refractivity contribution in [2.24, 2.45) is 0 Å². The highest BCUT2D eigenvalue weighted by molar-refractivity contribution is 5.27. The molecule has 0 spiro atoms. The Labute approximate surface area is 123 Å². The van der Waals surface area contributed by atoms with Crippen LogP contribution in [-0.2, 0) is 4.74 Å². The topological polar surface area (TPSA) is 24.5 Å². The van der Waals surface area contributed by atoms with Crippen LogP contribution >= 0.6 is 0 Å². The quantitative estimate of drug-likeness (QED) is 0.738. The predicted octanol–water partition coefficient (Wildman–Crippen LogP) is 2.41. The van der Waals surface area contributed by atoms with Crippen molar-refractivity contribution in [3.63, 3.8) is 0 Å². The molecule has 2 rings (SSSR count). The van der Waals surface area contributed by atoms with E-state index in [2.05, 4.69) is 55.5 Å². The van der Waals surface area contributed by atoms with Crippen LogP contribution in [0.15, 0.2) is 24.3 Å². The van der Waals surface area contributed by atoms with Crippen LogP contribution in [0.3, 0.4) is 0 Å². The first-order valence-corrected chi connectivity index (χ1v) is 7.67. The molecule has 0 unspecified atom stereocenters. The molecule has 1 fully saturated rings. The molecule has 0 bridgehead atoms. The van der Waals surface area contributed by atoms with E-state index < -0.39 is 0 Å². The van der Waals surface area contributed by atoms with Crippen molar-refractivity contribution in [1.82, 2.24) is 10.2 Å². The molecule has 0 aliphatic heterocycles. The zero-order valence-corrected chi connectivity index (χ0v) is 13.1. The molecular formula is C17H28N2O. The lowest BCUT2D eigenvalue weighted by atomic mass is 9.75. The predicted molar refractivity (Wildman–Crippen MR) is 84.3 cm³/mol. The second kappa shape index (κ2) is 7.77. The molecule has 0 radical (unpaired) electrons. The minimum atomic E-state index is 0.679. The lowest BCUT2D eigenvalue weighted by molar-refractivity contribution is 0.114. The van der Waals surface area contributed by atoms with Gasteiger partial charge < -0.3 is 15.0 Å². The van der Waals surface area contributed by atoms with Crippen LogP contribution in [0, 0.1) is 6.92 Å². The SMILES string of the molecule is Cc1cccc(C2CC(NCCOCCN(C)C)C2)c1. The first-order chi connectivity index (χ1) is 9.65. The summed E-state index contributed by atoms with van der Waals surface area (Å²) in [5.74, 6) is 0.752. The molecule has 1 aromatic carbocycles. The van der Waals surface area contributed by atoms with Gasteiger partial charge >= 0.3 is 0 Å². The minimum Gasteiger partial charge on any atom is -0.379 e. The first-order valence-electron chi connectivity index (χ1n) is 7.67. The fourth-order valence-electron chi connectivity index (χ4n) is 2.67. The largest absolute Gasteiger partial charge is 0.379 e. The zero-order chi connectivity index (χ0) is 14.4. The molecule has 0 aromatic heterocycles. The smallest absolute Gasteiger partial charge is 0.0593 e. The molecule has 1 aromatic rings. The maximum absolute atomic E-state index is 5.59. The van der Waals surface area contributed by atoms with Crippen molar-refractivity contribution in [2.45, 2.75) is 31.7 Å². The van der Waals surface area contributed by atoms with Crippen LogP contribution in [0.2, 0.25) is 0 Å². The Morgan fingerprint density at radius 3 is 2.75 bits per heavy atom. The van der Waals surface area contributed by atoms with Gasteiger partial charge in [0.05, 0.1) is 13.2 Å². The van der Waals surface area contributed by atoms with Gasteiger partial charge in [0.1, 0.15) is 0 Å². The van der Waals surface area contributed by atoms with Gasteiger partial charge in [-0.15, -0.1) is 0 Å². The fraction of sp³-hybridized carbons (Fsp3) is 0.647. The van der Waals surface area contributed by atoms with E-state index in [0.29, 0.717) is 6.04 Å². The van der Waals surface area contributed by atoms with Gasteiger partial charge in [0.25, 0.3) is 0 Å². The highest BCUT2D eigenvalue weighted by Crippen LogP contribution is 2.36. The molecule has 20 heavy (non-hydrogen) atoms. The van der Waals surface area contributed by atoms with Crippen molar-refractivity contribution in [3.05, 3.63) is 35.4 Å². The standard InChI is InChI=1S/C17H28N2O/c1-14-5-4-6-15(11-14)16-12-17(13-16)18-7-9-20-10-8-19(2)3/h4-6,11,16-18H,7-10,12-13H2,1-3H3. The van der Waals surface area contributed by atoms with E-state index >= 15 is 0 Å². The Bertz CT molecular complexity index is 400. The summed E-state index contributed by atoms with van der Waals surface area (Å²) in [6.45, 7) is 5.78. The van der Waals surface area contributed by atoms with Gasteiger partial charge in [0.15, 0.2) is 0 Å². The van der Waals surface area contributed by atoms with E-state index in [0.717, 1.165) is 32.2 Å². The average molecular weight is 276 g/mol. The first kappa shape index (κ1) is 15.5.